The number of nitrogens with zero attached hydrogens (tertiary/aromatic N) is 2. The zero-order valence-corrected chi connectivity index (χ0v) is 20.0. The van der Waals surface area contributed by atoms with Gasteiger partial charge in [0.05, 0.1) is 25.5 Å². The number of amides is 1. The molecule has 0 aliphatic heterocycles. The van der Waals surface area contributed by atoms with Crippen LogP contribution in [-0.2, 0) is 13.2 Å². The van der Waals surface area contributed by atoms with Gasteiger partial charge in [0.25, 0.3) is 5.91 Å². The third-order valence-corrected chi connectivity index (χ3v) is 5.63. The minimum atomic E-state index is -0.217. The molecule has 0 aliphatic rings. The number of nitrogens with one attached hydrogen (secondary N) is 1. The third-order valence-electron chi connectivity index (χ3n) is 5.63. The van der Waals surface area contributed by atoms with E-state index in [2.05, 4.69) is 47.7 Å². The van der Waals surface area contributed by atoms with Crippen LogP contribution in [0.25, 0.3) is 0 Å². The van der Waals surface area contributed by atoms with Crippen molar-refractivity contribution >= 4 is 11.6 Å². The lowest BCUT2D eigenvalue weighted by molar-refractivity contribution is 0.102. The van der Waals surface area contributed by atoms with E-state index in [4.69, 9.17) is 9.47 Å². The van der Waals surface area contributed by atoms with Gasteiger partial charge >= 0.3 is 0 Å². The zero-order chi connectivity index (χ0) is 24.1. The molecule has 1 aromatic heterocycles. The molecule has 0 bridgehead atoms. The summed E-state index contributed by atoms with van der Waals surface area (Å²) in [6.07, 6.45) is 3.48. The van der Waals surface area contributed by atoms with Crippen LogP contribution in [0.1, 0.15) is 38.2 Å². The molecule has 0 saturated carbocycles. The summed E-state index contributed by atoms with van der Waals surface area (Å²) < 4.78 is 13.3. The van der Waals surface area contributed by atoms with Gasteiger partial charge in [-0.2, -0.15) is 5.10 Å². The lowest BCUT2D eigenvalue weighted by atomic mass is 10.1. The van der Waals surface area contributed by atoms with Gasteiger partial charge in [-0.25, -0.2) is 0 Å². The summed E-state index contributed by atoms with van der Waals surface area (Å²) >= 11 is 0. The lowest BCUT2D eigenvalue weighted by Gasteiger charge is -2.14. The number of aromatic nitrogens is 2. The highest BCUT2D eigenvalue weighted by atomic mass is 16.5. The second-order valence-electron chi connectivity index (χ2n) is 8.45. The van der Waals surface area contributed by atoms with Gasteiger partial charge < -0.3 is 14.8 Å². The Hall–Kier alpha value is -4.06. The normalized spacial score (nSPS) is 10.7. The maximum absolute atomic E-state index is 12.9. The SMILES string of the molecule is COc1ccc(C(=O)Nc2cnn(Cc3ccc(C)cc3)c2)cc1COc1cc(C)ccc1C. The summed E-state index contributed by atoms with van der Waals surface area (Å²) in [4.78, 5) is 12.9. The topological polar surface area (TPSA) is 65.4 Å². The van der Waals surface area contributed by atoms with Crippen LogP contribution in [0.15, 0.2) is 73.1 Å². The van der Waals surface area contributed by atoms with Crippen LogP contribution in [0, 0.1) is 20.8 Å². The van der Waals surface area contributed by atoms with E-state index >= 15 is 0 Å². The van der Waals surface area contributed by atoms with Crippen molar-refractivity contribution in [2.45, 2.75) is 33.9 Å². The largest absolute Gasteiger partial charge is 0.496 e. The average molecular weight is 456 g/mol. The second-order valence-corrected chi connectivity index (χ2v) is 8.45. The molecule has 1 amide bonds. The Morgan fingerprint density at radius 2 is 1.71 bits per heavy atom. The molecule has 0 unspecified atom stereocenters. The Balaban J connectivity index is 1.44. The summed E-state index contributed by atoms with van der Waals surface area (Å²) in [5, 5.41) is 7.29. The van der Waals surface area contributed by atoms with E-state index in [1.54, 1.807) is 36.2 Å². The van der Waals surface area contributed by atoms with E-state index in [9.17, 15) is 4.79 Å². The van der Waals surface area contributed by atoms with Gasteiger partial charge in [-0.1, -0.05) is 42.0 Å². The average Bonchev–Trinajstić information content (AvgIpc) is 3.27. The van der Waals surface area contributed by atoms with Gasteiger partial charge in [0.2, 0.25) is 0 Å². The van der Waals surface area contributed by atoms with E-state index in [0.717, 1.165) is 28.0 Å². The highest BCUT2D eigenvalue weighted by Crippen LogP contribution is 2.25. The van der Waals surface area contributed by atoms with Gasteiger partial charge in [0.1, 0.15) is 18.1 Å². The van der Waals surface area contributed by atoms with E-state index in [1.165, 1.54) is 5.56 Å². The number of benzene rings is 3. The van der Waals surface area contributed by atoms with Crippen LogP contribution in [0.4, 0.5) is 5.69 Å². The first kappa shape index (κ1) is 23.1. The van der Waals surface area contributed by atoms with Crippen LogP contribution in [0.3, 0.4) is 0 Å². The maximum Gasteiger partial charge on any atom is 0.255 e. The number of methoxy groups -OCH3 is 1. The first-order valence-electron chi connectivity index (χ1n) is 11.2. The lowest BCUT2D eigenvalue weighted by Crippen LogP contribution is -2.12. The second kappa shape index (κ2) is 10.3. The number of carbonyl (C=O) groups excluding carboxylic acids is 1. The van der Waals surface area contributed by atoms with E-state index in [0.29, 0.717) is 30.2 Å². The van der Waals surface area contributed by atoms with Gasteiger partial charge in [-0.3, -0.25) is 9.48 Å². The Morgan fingerprint density at radius 3 is 2.47 bits per heavy atom. The molecule has 34 heavy (non-hydrogen) atoms. The first-order valence-corrected chi connectivity index (χ1v) is 11.2. The molecule has 0 spiro atoms. The fourth-order valence-electron chi connectivity index (χ4n) is 3.65. The minimum Gasteiger partial charge on any atom is -0.496 e. The smallest absolute Gasteiger partial charge is 0.255 e. The molecule has 0 aliphatic carbocycles. The molecule has 1 heterocycles. The molecule has 0 saturated heterocycles. The fourth-order valence-corrected chi connectivity index (χ4v) is 3.65. The Bertz CT molecular complexity index is 1290. The highest BCUT2D eigenvalue weighted by molar-refractivity contribution is 6.04. The first-order chi connectivity index (χ1) is 16.4. The standard InChI is InChI=1S/C28H29N3O3/c1-19-6-9-22(10-7-19)16-31-17-25(15-29-31)30-28(32)23-11-12-26(33-4)24(14-23)18-34-27-13-20(2)5-8-21(27)3/h5-15,17H,16,18H2,1-4H3,(H,30,32). The van der Waals surface area contributed by atoms with Crippen molar-refractivity contribution < 1.29 is 14.3 Å². The molecule has 1 N–H and O–H groups in total. The van der Waals surface area contributed by atoms with E-state index in [1.807, 2.05) is 32.2 Å². The maximum atomic E-state index is 12.9. The number of anilines is 1. The quantitative estimate of drug-likeness (QED) is 0.370. The number of hydrogen-bond donors (Lipinski definition) is 1. The summed E-state index contributed by atoms with van der Waals surface area (Å²) in [6.45, 7) is 7.03. The minimum absolute atomic E-state index is 0.217. The number of rotatable bonds is 8. The van der Waals surface area contributed by atoms with E-state index in [-0.39, 0.29) is 5.91 Å². The van der Waals surface area contributed by atoms with Crippen LogP contribution in [0.2, 0.25) is 0 Å². The third kappa shape index (κ3) is 5.64. The molecule has 4 rings (SSSR count). The van der Waals surface area contributed by atoms with Crippen molar-refractivity contribution in [1.82, 2.24) is 9.78 Å². The predicted molar refractivity (Wildman–Crippen MR) is 134 cm³/mol. The van der Waals surface area contributed by atoms with Gasteiger partial charge in [-0.05, 0) is 61.7 Å². The molecule has 4 aromatic rings. The number of aryl methyl sites for hydroxylation is 3. The van der Waals surface area contributed by atoms with Crippen molar-refractivity contribution in [3.05, 3.63) is 106 Å². The molecule has 174 valence electrons. The van der Waals surface area contributed by atoms with Gasteiger partial charge in [0, 0.05) is 17.3 Å². The van der Waals surface area contributed by atoms with Crippen molar-refractivity contribution in [3.63, 3.8) is 0 Å². The molecular formula is C28H29N3O3. The summed E-state index contributed by atoms with van der Waals surface area (Å²) in [5.41, 5.74) is 6.51. The van der Waals surface area contributed by atoms with Crippen molar-refractivity contribution in [2.75, 3.05) is 12.4 Å². The molecule has 0 fully saturated rings. The molecule has 6 heteroatoms. The molecule has 6 nitrogen and oxygen atoms in total. The predicted octanol–water partition coefficient (Wildman–Crippen LogP) is 5.70. The van der Waals surface area contributed by atoms with Gasteiger partial charge in [-0.15, -0.1) is 0 Å². The monoisotopic (exact) mass is 455 g/mol. The van der Waals surface area contributed by atoms with Crippen LogP contribution in [0.5, 0.6) is 11.5 Å². The molecular weight excluding hydrogens is 426 g/mol. The molecule has 3 aromatic carbocycles. The zero-order valence-electron chi connectivity index (χ0n) is 20.0. The number of ether oxygens (including phenoxy) is 2. The molecule has 0 atom stereocenters. The van der Waals surface area contributed by atoms with Crippen molar-refractivity contribution in [3.8, 4) is 11.5 Å². The Kier molecular flexibility index (Phi) is 6.97. The van der Waals surface area contributed by atoms with E-state index < -0.39 is 0 Å². The van der Waals surface area contributed by atoms with Crippen molar-refractivity contribution in [1.29, 1.82) is 0 Å². The van der Waals surface area contributed by atoms with Crippen molar-refractivity contribution in [2.24, 2.45) is 0 Å². The van der Waals surface area contributed by atoms with Gasteiger partial charge in [0.15, 0.2) is 0 Å². The van der Waals surface area contributed by atoms with Crippen LogP contribution >= 0.6 is 0 Å². The van der Waals surface area contributed by atoms with Crippen LogP contribution in [-0.4, -0.2) is 22.8 Å². The number of carbonyl (C=O) groups is 1. The molecule has 0 radical (unpaired) electrons. The number of hydrogen-bond acceptors (Lipinski definition) is 4. The highest BCUT2D eigenvalue weighted by Gasteiger charge is 2.13. The summed E-state index contributed by atoms with van der Waals surface area (Å²) in [5.74, 6) is 1.27. The Morgan fingerprint density at radius 1 is 0.941 bits per heavy atom. The summed E-state index contributed by atoms with van der Waals surface area (Å²) in [6, 6.07) is 19.7. The Labute approximate surface area is 200 Å². The fraction of sp³-hybridized carbons (Fsp3) is 0.214. The van der Waals surface area contributed by atoms with Crippen LogP contribution < -0.4 is 14.8 Å². The summed E-state index contributed by atoms with van der Waals surface area (Å²) in [7, 11) is 1.61.